The zero-order chi connectivity index (χ0) is 28.5. The highest BCUT2D eigenvalue weighted by molar-refractivity contribution is 7.26. The zero-order valence-electron chi connectivity index (χ0n) is 23.8. The second-order valence-corrected chi connectivity index (χ2v) is 12.4. The molecule has 1 nitrogen and oxygen atoms in total. The van der Waals surface area contributed by atoms with Gasteiger partial charge in [-0.1, -0.05) is 116 Å². The number of hydrogen-bond acceptors (Lipinski definition) is 2. The van der Waals surface area contributed by atoms with Crippen molar-refractivity contribution in [3.05, 3.63) is 139 Å². The highest BCUT2D eigenvalue weighted by Gasteiger charge is 2.23. The Balaban J connectivity index is 1.46. The lowest BCUT2D eigenvalue weighted by Crippen LogP contribution is -1.99. The first-order valence-corrected chi connectivity index (χ1v) is 15.8. The maximum atomic E-state index is 5.44. The summed E-state index contributed by atoms with van der Waals surface area (Å²) in [7, 11) is 0. The molecular formula is C41H27NS. The van der Waals surface area contributed by atoms with E-state index < -0.39 is 0 Å². The van der Waals surface area contributed by atoms with Crippen LogP contribution in [0.3, 0.4) is 0 Å². The van der Waals surface area contributed by atoms with Crippen molar-refractivity contribution >= 4 is 64.0 Å². The van der Waals surface area contributed by atoms with Crippen molar-refractivity contribution < 1.29 is 0 Å². The Morgan fingerprint density at radius 2 is 1.16 bits per heavy atom. The molecular weight excluding hydrogens is 539 g/mol. The molecule has 0 aliphatic rings. The van der Waals surface area contributed by atoms with E-state index in [1.165, 1.54) is 74.9 Å². The number of hydrogen-bond donors (Lipinski definition) is 0. The Morgan fingerprint density at radius 1 is 0.512 bits per heavy atom. The van der Waals surface area contributed by atoms with Crippen LogP contribution in [0, 0.1) is 0 Å². The smallest absolute Gasteiger partial charge is 0.0791 e. The van der Waals surface area contributed by atoms with Crippen LogP contribution in [0.15, 0.2) is 133 Å². The number of aromatic nitrogens is 1. The topological polar surface area (TPSA) is 12.9 Å². The molecule has 0 atom stereocenters. The van der Waals surface area contributed by atoms with Crippen molar-refractivity contribution in [1.82, 2.24) is 4.98 Å². The maximum Gasteiger partial charge on any atom is 0.0791 e. The molecule has 0 aliphatic heterocycles. The van der Waals surface area contributed by atoms with Gasteiger partial charge >= 0.3 is 0 Å². The largest absolute Gasteiger partial charge is 0.247 e. The lowest BCUT2D eigenvalue weighted by atomic mass is 9.85. The Kier molecular flexibility index (Phi) is 5.41. The lowest BCUT2D eigenvalue weighted by Gasteiger charge is -2.20. The molecule has 0 saturated heterocycles. The van der Waals surface area contributed by atoms with Crippen molar-refractivity contribution in [2.45, 2.75) is 13.3 Å². The molecule has 0 fully saturated rings. The van der Waals surface area contributed by atoms with E-state index in [-0.39, 0.29) is 0 Å². The number of aryl methyl sites for hydroxylation is 1. The number of rotatable bonds is 4. The number of pyridine rings is 1. The Hall–Kier alpha value is -5.05. The van der Waals surface area contributed by atoms with Crippen LogP contribution in [0.5, 0.6) is 0 Å². The van der Waals surface area contributed by atoms with Crippen LogP contribution >= 0.6 is 11.3 Å². The van der Waals surface area contributed by atoms with Gasteiger partial charge in [0.25, 0.3) is 0 Å². The monoisotopic (exact) mass is 565 g/mol. The van der Waals surface area contributed by atoms with E-state index in [0.717, 1.165) is 23.2 Å². The number of thiophene rings is 1. The number of nitrogens with zero attached hydrogens (tertiary/aromatic N) is 1. The van der Waals surface area contributed by atoms with Crippen molar-refractivity contribution in [2.75, 3.05) is 0 Å². The third-order valence-corrected chi connectivity index (χ3v) is 10.1. The van der Waals surface area contributed by atoms with Gasteiger partial charge in [0.2, 0.25) is 0 Å². The molecule has 0 amide bonds. The van der Waals surface area contributed by atoms with E-state index in [0.29, 0.717) is 0 Å². The number of fused-ring (bicyclic) bond motifs is 4. The standard InChI is InChI=1S/C41H27NS/c1-2-28-30-17-8-9-20-34(30)42-41(27-15-10-14-26(24-27)25-12-4-3-5-13-25)38(28)33-22-23-36-40-37(33)31-18-7-6-16-29(31)32-19-11-21-35(43-36)39(32)40/h3-24H,2H2,1H3. The zero-order valence-corrected chi connectivity index (χ0v) is 24.6. The average molecular weight is 566 g/mol. The molecule has 0 unspecified atom stereocenters. The Bertz CT molecular complexity index is 2490. The molecule has 9 aromatic rings. The molecule has 202 valence electrons. The van der Waals surface area contributed by atoms with Crippen LogP contribution in [-0.4, -0.2) is 4.98 Å². The number of para-hydroxylation sites is 1. The summed E-state index contributed by atoms with van der Waals surface area (Å²) < 4.78 is 2.69. The molecule has 0 aliphatic carbocycles. The van der Waals surface area contributed by atoms with Gasteiger partial charge in [-0.2, -0.15) is 0 Å². The molecule has 0 spiro atoms. The van der Waals surface area contributed by atoms with Crippen LogP contribution < -0.4 is 0 Å². The summed E-state index contributed by atoms with van der Waals surface area (Å²) in [6.07, 6.45) is 0.915. The number of benzene rings is 7. The Morgan fingerprint density at radius 3 is 2.02 bits per heavy atom. The molecule has 2 heterocycles. The second-order valence-electron chi connectivity index (χ2n) is 11.3. The van der Waals surface area contributed by atoms with Crippen LogP contribution in [0.25, 0.3) is 86.1 Å². The first kappa shape index (κ1) is 24.5. The van der Waals surface area contributed by atoms with Crippen molar-refractivity contribution in [2.24, 2.45) is 0 Å². The summed E-state index contributed by atoms with van der Waals surface area (Å²) in [5.74, 6) is 0. The van der Waals surface area contributed by atoms with Gasteiger partial charge < -0.3 is 0 Å². The van der Waals surface area contributed by atoms with Gasteiger partial charge in [0.05, 0.1) is 11.2 Å². The van der Waals surface area contributed by atoms with Gasteiger partial charge in [0.15, 0.2) is 0 Å². The van der Waals surface area contributed by atoms with E-state index in [1.54, 1.807) is 0 Å². The highest BCUT2D eigenvalue weighted by atomic mass is 32.1. The summed E-state index contributed by atoms with van der Waals surface area (Å²) in [5, 5.41) is 9.30. The third kappa shape index (κ3) is 3.60. The molecule has 43 heavy (non-hydrogen) atoms. The van der Waals surface area contributed by atoms with Gasteiger partial charge in [-0.15, -0.1) is 11.3 Å². The molecule has 0 bridgehead atoms. The first-order chi connectivity index (χ1) is 21.3. The van der Waals surface area contributed by atoms with E-state index in [4.69, 9.17) is 4.98 Å². The Labute approximate surface area is 254 Å². The van der Waals surface area contributed by atoms with Crippen LogP contribution in [0.1, 0.15) is 12.5 Å². The molecule has 2 heteroatoms. The van der Waals surface area contributed by atoms with Crippen LogP contribution in [0.2, 0.25) is 0 Å². The van der Waals surface area contributed by atoms with Crippen LogP contribution in [-0.2, 0) is 6.42 Å². The van der Waals surface area contributed by atoms with E-state index >= 15 is 0 Å². The highest BCUT2D eigenvalue weighted by Crippen LogP contribution is 2.50. The van der Waals surface area contributed by atoms with Gasteiger partial charge in [0.1, 0.15) is 0 Å². The van der Waals surface area contributed by atoms with Crippen molar-refractivity contribution in [3.8, 4) is 33.5 Å². The lowest BCUT2D eigenvalue weighted by molar-refractivity contribution is 1.15. The summed E-state index contributed by atoms with van der Waals surface area (Å²) in [6.45, 7) is 2.28. The molecule has 2 aromatic heterocycles. The molecule has 7 aromatic carbocycles. The molecule has 0 saturated carbocycles. The second kappa shape index (κ2) is 9.49. The van der Waals surface area contributed by atoms with E-state index in [2.05, 4.69) is 140 Å². The summed E-state index contributed by atoms with van der Waals surface area (Å²) in [6, 6.07) is 48.6. The first-order valence-electron chi connectivity index (χ1n) is 15.0. The van der Waals surface area contributed by atoms with Crippen LogP contribution in [0.4, 0.5) is 0 Å². The third-order valence-electron chi connectivity index (χ3n) is 9.02. The minimum Gasteiger partial charge on any atom is -0.247 e. The minimum absolute atomic E-state index is 0.915. The molecule has 9 rings (SSSR count). The van der Waals surface area contributed by atoms with Gasteiger partial charge in [-0.3, -0.25) is 0 Å². The van der Waals surface area contributed by atoms with Gasteiger partial charge in [0, 0.05) is 36.7 Å². The van der Waals surface area contributed by atoms with Gasteiger partial charge in [-0.05, 0) is 74.5 Å². The van der Waals surface area contributed by atoms with Crippen molar-refractivity contribution in [1.29, 1.82) is 0 Å². The van der Waals surface area contributed by atoms with Crippen molar-refractivity contribution in [3.63, 3.8) is 0 Å². The molecule has 0 radical (unpaired) electrons. The van der Waals surface area contributed by atoms with E-state index in [1.807, 2.05) is 11.3 Å². The fourth-order valence-electron chi connectivity index (χ4n) is 7.18. The maximum absolute atomic E-state index is 5.44. The summed E-state index contributed by atoms with van der Waals surface area (Å²) >= 11 is 1.90. The van der Waals surface area contributed by atoms with Gasteiger partial charge in [-0.25, -0.2) is 4.98 Å². The predicted molar refractivity (Wildman–Crippen MR) is 187 cm³/mol. The fourth-order valence-corrected chi connectivity index (χ4v) is 8.32. The predicted octanol–water partition coefficient (Wildman–Crippen LogP) is 11.9. The fraction of sp³-hybridized carbons (Fsp3) is 0.0488. The average Bonchev–Trinajstić information content (AvgIpc) is 3.46. The van der Waals surface area contributed by atoms with E-state index in [9.17, 15) is 0 Å². The normalized spacial score (nSPS) is 11.9. The summed E-state index contributed by atoms with van der Waals surface area (Å²) in [4.78, 5) is 5.44. The quantitative estimate of drug-likeness (QED) is 0.193. The molecule has 0 N–H and O–H groups in total. The SMILES string of the molecule is CCc1c(-c2ccc3sc4cccc5c6ccccc6c2c3c45)c(-c2cccc(-c3ccccc3)c2)nc2ccccc12. The minimum atomic E-state index is 0.915. The summed E-state index contributed by atoms with van der Waals surface area (Å²) in [5.41, 5.74) is 9.51.